The summed E-state index contributed by atoms with van der Waals surface area (Å²) in [4.78, 5) is 0. The van der Waals surface area contributed by atoms with Crippen LogP contribution in [0.4, 0.5) is 0 Å². The number of aryl methyl sites for hydroxylation is 1. The zero-order chi connectivity index (χ0) is 15.3. The predicted octanol–water partition coefficient (Wildman–Crippen LogP) is 3.16. The molecule has 2 aromatic carbocycles. The highest BCUT2D eigenvalue weighted by molar-refractivity contribution is 6.32. The Hall–Kier alpha value is -2.04. The minimum absolute atomic E-state index is 0.0311. The monoisotopic (exact) mass is 313 g/mol. The van der Waals surface area contributed by atoms with Gasteiger partial charge in [-0.15, -0.1) is 0 Å². The summed E-state index contributed by atoms with van der Waals surface area (Å²) in [6.07, 6.45) is 2.72. The van der Waals surface area contributed by atoms with E-state index in [1.807, 2.05) is 24.0 Å². The van der Waals surface area contributed by atoms with Gasteiger partial charge in [0.05, 0.1) is 16.7 Å². The molecule has 2 N–H and O–H groups in total. The average Bonchev–Trinajstić information content (AvgIpc) is 3.11. The van der Waals surface area contributed by atoms with Crippen molar-refractivity contribution in [2.75, 3.05) is 6.54 Å². The van der Waals surface area contributed by atoms with Gasteiger partial charge in [-0.3, -0.25) is 4.68 Å². The standard InChI is InChI=1S/C17H16ClN3O/c1-21-16-3-2-10(4-13(16)9-20-21)11-5-12-6-14(8-19)22-17(12)15(18)7-11/h2-5,7,9,14H,6,8,19H2,1H3/t14-/m0/s1. The Morgan fingerprint density at radius 3 is 3.00 bits per heavy atom. The first-order valence-corrected chi connectivity index (χ1v) is 7.65. The van der Waals surface area contributed by atoms with Crippen LogP contribution in [-0.4, -0.2) is 22.4 Å². The lowest BCUT2D eigenvalue weighted by molar-refractivity contribution is 0.241. The fraction of sp³-hybridized carbons (Fsp3) is 0.235. The molecule has 0 aliphatic carbocycles. The first-order valence-electron chi connectivity index (χ1n) is 7.27. The summed E-state index contributed by atoms with van der Waals surface area (Å²) in [5, 5.41) is 6.05. The highest BCUT2D eigenvalue weighted by atomic mass is 35.5. The molecule has 3 aromatic rings. The van der Waals surface area contributed by atoms with E-state index in [9.17, 15) is 0 Å². The molecule has 1 atom stereocenters. The molecule has 1 aliphatic rings. The Morgan fingerprint density at radius 2 is 2.18 bits per heavy atom. The van der Waals surface area contributed by atoms with Crippen LogP contribution in [0.1, 0.15) is 5.56 Å². The van der Waals surface area contributed by atoms with Gasteiger partial charge in [0.1, 0.15) is 11.9 Å². The molecule has 0 saturated heterocycles. The van der Waals surface area contributed by atoms with Gasteiger partial charge in [-0.2, -0.15) is 5.10 Å². The van der Waals surface area contributed by atoms with Crippen molar-refractivity contribution in [3.63, 3.8) is 0 Å². The molecule has 5 heteroatoms. The van der Waals surface area contributed by atoms with Crippen LogP contribution in [0.5, 0.6) is 5.75 Å². The molecule has 4 rings (SSSR count). The van der Waals surface area contributed by atoms with Crippen LogP contribution in [0.15, 0.2) is 36.5 Å². The van der Waals surface area contributed by atoms with Crippen LogP contribution in [0.3, 0.4) is 0 Å². The molecule has 0 bridgehead atoms. The molecular weight excluding hydrogens is 298 g/mol. The van der Waals surface area contributed by atoms with Gasteiger partial charge in [0.15, 0.2) is 0 Å². The molecule has 2 heterocycles. The van der Waals surface area contributed by atoms with Gasteiger partial charge in [-0.05, 0) is 35.4 Å². The molecular formula is C17H16ClN3O. The number of aromatic nitrogens is 2. The minimum atomic E-state index is 0.0311. The van der Waals surface area contributed by atoms with E-state index < -0.39 is 0 Å². The van der Waals surface area contributed by atoms with Gasteiger partial charge >= 0.3 is 0 Å². The van der Waals surface area contributed by atoms with Crippen molar-refractivity contribution < 1.29 is 4.74 Å². The summed E-state index contributed by atoms with van der Waals surface area (Å²) >= 11 is 6.39. The molecule has 0 radical (unpaired) electrons. The van der Waals surface area contributed by atoms with E-state index in [2.05, 4.69) is 29.4 Å². The fourth-order valence-corrected chi connectivity index (χ4v) is 3.31. The lowest BCUT2D eigenvalue weighted by Crippen LogP contribution is -2.24. The molecule has 0 unspecified atom stereocenters. The van der Waals surface area contributed by atoms with Crippen molar-refractivity contribution in [2.45, 2.75) is 12.5 Å². The van der Waals surface area contributed by atoms with E-state index in [4.69, 9.17) is 22.1 Å². The Morgan fingerprint density at radius 1 is 1.32 bits per heavy atom. The summed E-state index contributed by atoms with van der Waals surface area (Å²) in [5.41, 5.74) is 10.2. The summed E-state index contributed by atoms with van der Waals surface area (Å²) in [5.74, 6) is 0.781. The van der Waals surface area contributed by atoms with E-state index in [1.54, 1.807) is 0 Å². The van der Waals surface area contributed by atoms with Gasteiger partial charge < -0.3 is 10.5 Å². The maximum atomic E-state index is 6.39. The first-order chi connectivity index (χ1) is 10.7. The summed E-state index contributed by atoms with van der Waals surface area (Å²) in [6, 6.07) is 10.4. The van der Waals surface area contributed by atoms with Crippen molar-refractivity contribution in [1.29, 1.82) is 0 Å². The largest absolute Gasteiger partial charge is 0.487 e. The third-order valence-electron chi connectivity index (χ3n) is 4.20. The number of hydrogen-bond donors (Lipinski definition) is 1. The molecule has 4 nitrogen and oxygen atoms in total. The second-order valence-electron chi connectivity index (χ2n) is 5.67. The van der Waals surface area contributed by atoms with Crippen LogP contribution in [0.25, 0.3) is 22.0 Å². The van der Waals surface area contributed by atoms with Crippen LogP contribution >= 0.6 is 11.6 Å². The van der Waals surface area contributed by atoms with Crippen LogP contribution in [0.2, 0.25) is 5.02 Å². The maximum absolute atomic E-state index is 6.39. The third-order valence-corrected chi connectivity index (χ3v) is 4.48. The maximum Gasteiger partial charge on any atom is 0.141 e. The zero-order valence-corrected chi connectivity index (χ0v) is 13.0. The number of fused-ring (bicyclic) bond motifs is 2. The molecule has 1 aliphatic heterocycles. The third kappa shape index (κ3) is 2.07. The van der Waals surface area contributed by atoms with Gasteiger partial charge in [0.2, 0.25) is 0 Å². The van der Waals surface area contributed by atoms with E-state index in [-0.39, 0.29) is 6.10 Å². The number of halogens is 1. The molecule has 1 aromatic heterocycles. The smallest absolute Gasteiger partial charge is 0.141 e. The Labute approximate surface area is 133 Å². The normalized spacial score (nSPS) is 16.8. The number of nitrogens with zero attached hydrogens (tertiary/aromatic N) is 2. The van der Waals surface area contributed by atoms with Crippen LogP contribution < -0.4 is 10.5 Å². The molecule has 0 saturated carbocycles. The van der Waals surface area contributed by atoms with Crippen molar-refractivity contribution in [1.82, 2.24) is 9.78 Å². The van der Waals surface area contributed by atoms with Crippen molar-refractivity contribution >= 4 is 22.5 Å². The Bertz CT molecular complexity index is 872. The summed E-state index contributed by atoms with van der Waals surface area (Å²) < 4.78 is 7.65. The van der Waals surface area contributed by atoms with Gasteiger partial charge in [0.25, 0.3) is 0 Å². The van der Waals surface area contributed by atoms with Crippen LogP contribution in [-0.2, 0) is 13.5 Å². The minimum Gasteiger partial charge on any atom is -0.487 e. The topological polar surface area (TPSA) is 53.1 Å². The van der Waals surface area contributed by atoms with E-state index in [0.29, 0.717) is 11.6 Å². The lowest BCUT2D eigenvalue weighted by atomic mass is 10.00. The summed E-state index contributed by atoms with van der Waals surface area (Å²) in [6.45, 7) is 0.502. The van der Waals surface area contributed by atoms with Gasteiger partial charge in [-0.1, -0.05) is 17.7 Å². The highest BCUT2D eigenvalue weighted by Crippen LogP contribution is 2.39. The number of benzene rings is 2. The Balaban J connectivity index is 1.80. The highest BCUT2D eigenvalue weighted by Gasteiger charge is 2.25. The van der Waals surface area contributed by atoms with Crippen LogP contribution in [0, 0.1) is 0 Å². The summed E-state index contributed by atoms with van der Waals surface area (Å²) in [7, 11) is 1.94. The quantitative estimate of drug-likeness (QED) is 0.790. The lowest BCUT2D eigenvalue weighted by Gasteiger charge is -2.09. The van der Waals surface area contributed by atoms with Crippen molar-refractivity contribution in [3.8, 4) is 16.9 Å². The number of ether oxygens (including phenoxy) is 1. The zero-order valence-electron chi connectivity index (χ0n) is 12.2. The van der Waals surface area contributed by atoms with Crippen molar-refractivity contribution in [3.05, 3.63) is 47.1 Å². The van der Waals surface area contributed by atoms with E-state index >= 15 is 0 Å². The van der Waals surface area contributed by atoms with Crippen molar-refractivity contribution in [2.24, 2.45) is 12.8 Å². The molecule has 0 amide bonds. The Kier molecular flexibility index (Phi) is 3.10. The fourth-order valence-electron chi connectivity index (χ4n) is 3.03. The molecule has 112 valence electrons. The average molecular weight is 314 g/mol. The molecule has 0 fully saturated rings. The first kappa shape index (κ1) is 13.6. The number of rotatable bonds is 2. The number of hydrogen-bond acceptors (Lipinski definition) is 3. The number of nitrogens with two attached hydrogens (primary N) is 1. The second-order valence-corrected chi connectivity index (χ2v) is 6.07. The molecule has 22 heavy (non-hydrogen) atoms. The van der Waals surface area contributed by atoms with E-state index in [0.717, 1.165) is 39.8 Å². The predicted molar refractivity (Wildman–Crippen MR) is 88.3 cm³/mol. The second kappa shape index (κ2) is 5.00. The van der Waals surface area contributed by atoms with Gasteiger partial charge in [0, 0.05) is 31.0 Å². The molecule has 0 spiro atoms. The van der Waals surface area contributed by atoms with E-state index in [1.165, 1.54) is 0 Å². The SMILES string of the molecule is Cn1ncc2cc(-c3cc(Cl)c4c(c3)C[C@@H](CN)O4)ccc21. The van der Waals surface area contributed by atoms with Gasteiger partial charge in [-0.25, -0.2) is 0 Å².